The fourth-order valence-electron chi connectivity index (χ4n) is 5.21. The van der Waals surface area contributed by atoms with Gasteiger partial charge in [-0.1, -0.05) is 25.6 Å². The minimum Gasteiger partial charge on any atom is -0.497 e. The average Bonchev–Trinajstić information content (AvgIpc) is 3.52. The van der Waals surface area contributed by atoms with Crippen molar-refractivity contribution in [3.63, 3.8) is 0 Å². The molecule has 1 amide bonds. The van der Waals surface area contributed by atoms with Crippen molar-refractivity contribution < 1.29 is 19.1 Å². The second kappa shape index (κ2) is 12.9. The van der Waals surface area contributed by atoms with Crippen LogP contribution in [-0.4, -0.2) is 74.3 Å². The fraction of sp³-hybridized carbons (Fsp3) is 0.367. The molecule has 0 spiro atoms. The van der Waals surface area contributed by atoms with Crippen molar-refractivity contribution >= 4 is 34.6 Å². The van der Waals surface area contributed by atoms with E-state index in [0.717, 1.165) is 56.1 Å². The molecule has 216 valence electrons. The number of methoxy groups -OCH3 is 2. The molecule has 2 aliphatic heterocycles. The highest BCUT2D eigenvalue weighted by Crippen LogP contribution is 2.40. The van der Waals surface area contributed by atoms with Crippen molar-refractivity contribution in [3.05, 3.63) is 67.0 Å². The number of ether oxygens (including phenoxy) is 2. The average molecular weight is 560 g/mol. The quantitative estimate of drug-likeness (QED) is 0.348. The highest BCUT2D eigenvalue weighted by molar-refractivity contribution is 6.02. The molecule has 3 aromatic rings. The number of anilines is 5. The van der Waals surface area contributed by atoms with Crippen LogP contribution >= 0.6 is 0 Å². The summed E-state index contributed by atoms with van der Waals surface area (Å²) in [5.74, 6) is 2.31. The zero-order chi connectivity index (χ0) is 28.8. The summed E-state index contributed by atoms with van der Waals surface area (Å²) in [4.78, 5) is 32.0. The Balaban J connectivity index is 1.42. The van der Waals surface area contributed by atoms with E-state index in [4.69, 9.17) is 14.3 Å². The van der Waals surface area contributed by atoms with E-state index in [1.54, 1.807) is 14.2 Å². The van der Waals surface area contributed by atoms with E-state index >= 15 is 0 Å². The van der Waals surface area contributed by atoms with E-state index in [-0.39, 0.29) is 11.9 Å². The number of hydroxylamine groups is 1. The third-order valence-electron chi connectivity index (χ3n) is 7.45. The maximum absolute atomic E-state index is 12.4. The SMILES string of the molecule is C=CC(=O)Nc1cc(Nc2cc(N3OCCC3c3cccc(OC)c3)ncn2)c(OC)cc1N1CCN(CC)CC1. The van der Waals surface area contributed by atoms with Crippen LogP contribution in [0.4, 0.5) is 28.7 Å². The minimum absolute atomic E-state index is 0.0180. The van der Waals surface area contributed by atoms with Crippen molar-refractivity contribution in [2.75, 3.05) is 74.1 Å². The lowest BCUT2D eigenvalue weighted by atomic mass is 10.0. The van der Waals surface area contributed by atoms with E-state index in [0.29, 0.717) is 35.4 Å². The first-order valence-corrected chi connectivity index (χ1v) is 13.8. The summed E-state index contributed by atoms with van der Waals surface area (Å²) in [6.07, 6.45) is 3.58. The topological polar surface area (TPSA) is 104 Å². The summed E-state index contributed by atoms with van der Waals surface area (Å²) in [5.41, 5.74) is 3.29. The molecule has 1 aromatic heterocycles. The second-order valence-electron chi connectivity index (χ2n) is 9.81. The Morgan fingerprint density at radius 1 is 1.10 bits per heavy atom. The molecular weight excluding hydrogens is 522 g/mol. The van der Waals surface area contributed by atoms with Gasteiger partial charge in [0.25, 0.3) is 0 Å². The van der Waals surface area contributed by atoms with Crippen molar-refractivity contribution in [1.82, 2.24) is 14.9 Å². The molecule has 1 atom stereocenters. The molecule has 11 heteroatoms. The molecule has 41 heavy (non-hydrogen) atoms. The van der Waals surface area contributed by atoms with Gasteiger partial charge in [0.15, 0.2) is 5.82 Å². The Morgan fingerprint density at radius 2 is 1.93 bits per heavy atom. The number of aromatic nitrogens is 2. The normalized spacial score (nSPS) is 17.3. The number of nitrogens with zero attached hydrogens (tertiary/aromatic N) is 5. The highest BCUT2D eigenvalue weighted by Gasteiger charge is 2.30. The van der Waals surface area contributed by atoms with Gasteiger partial charge in [-0.05, 0) is 36.4 Å². The Hall–Kier alpha value is -4.35. The number of likely N-dealkylation sites (N-methyl/N-ethyl adjacent to an activating group) is 1. The third-order valence-corrected chi connectivity index (χ3v) is 7.45. The molecule has 1 unspecified atom stereocenters. The predicted molar refractivity (Wildman–Crippen MR) is 160 cm³/mol. The van der Waals surface area contributed by atoms with Crippen molar-refractivity contribution in [2.24, 2.45) is 0 Å². The fourth-order valence-corrected chi connectivity index (χ4v) is 5.21. The standard InChI is InChI=1S/C30H37N7O4/c1-5-30(38)34-23-17-24(27(40-4)18-26(23)36-13-11-35(6-2)12-14-36)33-28-19-29(32-20-31-28)37-25(10-15-41-37)21-8-7-9-22(16-21)39-3/h5,7-9,16-20,25H,1,6,10-15H2,2-4H3,(H,34,38)(H,31,32,33). The number of piperazine rings is 1. The van der Waals surface area contributed by atoms with E-state index in [9.17, 15) is 4.79 Å². The number of hydrogen-bond donors (Lipinski definition) is 2. The molecule has 2 N–H and O–H groups in total. The van der Waals surface area contributed by atoms with Crippen LogP contribution in [0.2, 0.25) is 0 Å². The molecule has 2 aliphatic rings. The van der Waals surface area contributed by atoms with Gasteiger partial charge in [0.05, 0.1) is 43.9 Å². The van der Waals surface area contributed by atoms with Gasteiger partial charge in [-0.3, -0.25) is 9.63 Å². The van der Waals surface area contributed by atoms with Crippen LogP contribution in [0.25, 0.3) is 0 Å². The van der Waals surface area contributed by atoms with E-state index in [2.05, 4.69) is 50.0 Å². The molecule has 0 saturated carbocycles. The smallest absolute Gasteiger partial charge is 0.247 e. The Morgan fingerprint density at radius 3 is 2.66 bits per heavy atom. The highest BCUT2D eigenvalue weighted by atomic mass is 16.7. The summed E-state index contributed by atoms with van der Waals surface area (Å²) < 4.78 is 11.2. The van der Waals surface area contributed by atoms with Gasteiger partial charge in [0, 0.05) is 44.7 Å². The Kier molecular flexibility index (Phi) is 8.85. The lowest BCUT2D eigenvalue weighted by molar-refractivity contribution is -0.111. The van der Waals surface area contributed by atoms with Gasteiger partial charge >= 0.3 is 0 Å². The molecule has 0 radical (unpaired) electrons. The molecule has 0 bridgehead atoms. The maximum atomic E-state index is 12.4. The summed E-state index contributed by atoms with van der Waals surface area (Å²) in [7, 11) is 3.29. The van der Waals surface area contributed by atoms with Crippen LogP contribution in [0.3, 0.4) is 0 Å². The third kappa shape index (κ3) is 6.36. The van der Waals surface area contributed by atoms with Crippen LogP contribution in [0, 0.1) is 0 Å². The molecular formula is C30H37N7O4. The van der Waals surface area contributed by atoms with Crippen molar-refractivity contribution in [2.45, 2.75) is 19.4 Å². The molecule has 11 nitrogen and oxygen atoms in total. The van der Waals surface area contributed by atoms with Gasteiger partial charge in [-0.2, -0.15) is 0 Å². The Labute approximate surface area is 240 Å². The lowest BCUT2D eigenvalue weighted by Crippen LogP contribution is -2.46. The van der Waals surface area contributed by atoms with Crippen LogP contribution in [0.5, 0.6) is 11.5 Å². The molecule has 3 heterocycles. The Bertz CT molecular complexity index is 1380. The predicted octanol–water partition coefficient (Wildman–Crippen LogP) is 4.39. The lowest BCUT2D eigenvalue weighted by Gasteiger charge is -2.36. The number of amides is 1. The van der Waals surface area contributed by atoms with Crippen LogP contribution in [0.1, 0.15) is 24.9 Å². The van der Waals surface area contributed by atoms with Gasteiger partial charge in [-0.15, -0.1) is 0 Å². The van der Waals surface area contributed by atoms with Crippen molar-refractivity contribution in [3.8, 4) is 11.5 Å². The summed E-state index contributed by atoms with van der Waals surface area (Å²) >= 11 is 0. The van der Waals surface area contributed by atoms with E-state index in [1.807, 2.05) is 41.5 Å². The van der Waals surface area contributed by atoms with E-state index in [1.165, 1.54) is 12.4 Å². The minimum atomic E-state index is -0.284. The first kappa shape index (κ1) is 28.2. The molecule has 0 aliphatic carbocycles. The van der Waals surface area contributed by atoms with Gasteiger partial charge < -0.3 is 29.9 Å². The van der Waals surface area contributed by atoms with E-state index < -0.39 is 0 Å². The molecule has 5 rings (SSSR count). The first-order chi connectivity index (χ1) is 20.0. The molecule has 2 aromatic carbocycles. The number of nitrogens with one attached hydrogen (secondary N) is 2. The van der Waals surface area contributed by atoms with Crippen molar-refractivity contribution in [1.29, 1.82) is 0 Å². The summed E-state index contributed by atoms with van der Waals surface area (Å²) in [5, 5.41) is 8.14. The number of hydrogen-bond acceptors (Lipinski definition) is 10. The first-order valence-electron chi connectivity index (χ1n) is 13.8. The van der Waals surface area contributed by atoms with Crippen LogP contribution in [0.15, 0.2) is 61.4 Å². The molecule has 2 fully saturated rings. The summed E-state index contributed by atoms with van der Waals surface area (Å²) in [6, 6.07) is 13.6. The van der Waals surface area contributed by atoms with Gasteiger partial charge in [-0.25, -0.2) is 15.0 Å². The zero-order valence-electron chi connectivity index (χ0n) is 23.8. The van der Waals surface area contributed by atoms with Crippen LogP contribution < -0.4 is 30.1 Å². The monoisotopic (exact) mass is 559 g/mol. The number of carbonyl (C=O) groups is 1. The maximum Gasteiger partial charge on any atom is 0.247 e. The number of carbonyl (C=O) groups excluding carboxylic acids is 1. The zero-order valence-corrected chi connectivity index (χ0v) is 23.8. The summed E-state index contributed by atoms with van der Waals surface area (Å²) in [6.45, 7) is 11.0. The molecule has 2 saturated heterocycles. The number of benzene rings is 2. The van der Waals surface area contributed by atoms with Gasteiger partial charge in [0.2, 0.25) is 5.91 Å². The second-order valence-corrected chi connectivity index (χ2v) is 9.81. The van der Waals surface area contributed by atoms with Gasteiger partial charge in [0.1, 0.15) is 23.6 Å². The van der Waals surface area contributed by atoms with Crippen LogP contribution in [-0.2, 0) is 9.63 Å². The largest absolute Gasteiger partial charge is 0.497 e. The number of rotatable bonds is 10.